The minimum absolute atomic E-state index is 0.00268. The number of anilines is 3. The normalized spacial score (nSPS) is 10.4. The highest BCUT2D eigenvalue weighted by molar-refractivity contribution is 5.67. The average Bonchev–Trinajstić information content (AvgIpc) is 2.59. The molecular weight excluding hydrogens is 300 g/mol. The monoisotopic (exact) mass is 313 g/mol. The van der Waals surface area contributed by atoms with E-state index in [1.165, 1.54) is 12.1 Å². The number of nitrogens with zero attached hydrogens (tertiary/aromatic N) is 3. The molecule has 0 saturated carbocycles. The van der Waals surface area contributed by atoms with Gasteiger partial charge in [0.15, 0.2) is 11.6 Å². The third-order valence-corrected chi connectivity index (χ3v) is 3.12. The smallest absolute Gasteiger partial charge is 0.224 e. The summed E-state index contributed by atoms with van der Waals surface area (Å²) in [5, 5.41) is 5.61. The Balaban J connectivity index is 2.01. The van der Waals surface area contributed by atoms with Gasteiger partial charge in [-0.05, 0) is 24.3 Å². The molecule has 2 N–H and O–H groups in total. The second-order valence-corrected chi connectivity index (χ2v) is 4.68. The predicted octanol–water partition coefficient (Wildman–Crippen LogP) is 3.60. The van der Waals surface area contributed by atoms with Crippen LogP contribution in [-0.2, 0) is 0 Å². The standard InChI is InChI=1S/C16H13F2N5/c1-19-16-22-13(10-4-3-7-20-9-10)8-14(23-16)21-12-6-2-5-11(17)15(12)18/h2-9H,1H3,(H2,19,21,22,23). The molecule has 0 atom stereocenters. The Hall–Kier alpha value is -3.09. The van der Waals surface area contributed by atoms with Crippen LogP contribution < -0.4 is 10.6 Å². The van der Waals surface area contributed by atoms with Crippen LogP contribution in [-0.4, -0.2) is 22.0 Å². The average molecular weight is 313 g/mol. The van der Waals surface area contributed by atoms with Gasteiger partial charge in [0.05, 0.1) is 11.4 Å². The number of benzene rings is 1. The van der Waals surface area contributed by atoms with Crippen LogP contribution in [0, 0.1) is 11.6 Å². The molecule has 0 bridgehead atoms. The lowest BCUT2D eigenvalue weighted by Crippen LogP contribution is -2.03. The highest BCUT2D eigenvalue weighted by Crippen LogP contribution is 2.25. The molecular formula is C16H13F2N5. The number of hydrogen-bond acceptors (Lipinski definition) is 5. The zero-order valence-electron chi connectivity index (χ0n) is 12.2. The van der Waals surface area contributed by atoms with Crippen molar-refractivity contribution >= 4 is 17.5 Å². The molecule has 0 amide bonds. The van der Waals surface area contributed by atoms with E-state index in [0.29, 0.717) is 17.5 Å². The summed E-state index contributed by atoms with van der Waals surface area (Å²) in [4.78, 5) is 12.6. The lowest BCUT2D eigenvalue weighted by molar-refractivity contribution is 0.511. The van der Waals surface area contributed by atoms with Crippen molar-refractivity contribution in [2.75, 3.05) is 17.7 Å². The largest absolute Gasteiger partial charge is 0.357 e. The summed E-state index contributed by atoms with van der Waals surface area (Å²) in [5.74, 6) is -1.19. The van der Waals surface area contributed by atoms with Gasteiger partial charge >= 0.3 is 0 Å². The highest BCUT2D eigenvalue weighted by Gasteiger charge is 2.11. The van der Waals surface area contributed by atoms with Gasteiger partial charge in [0.2, 0.25) is 5.95 Å². The van der Waals surface area contributed by atoms with E-state index >= 15 is 0 Å². The Morgan fingerprint density at radius 1 is 1.04 bits per heavy atom. The third-order valence-electron chi connectivity index (χ3n) is 3.12. The van der Waals surface area contributed by atoms with Crippen molar-refractivity contribution in [1.29, 1.82) is 0 Å². The Labute approximate surface area is 131 Å². The lowest BCUT2D eigenvalue weighted by Gasteiger charge is -2.10. The molecule has 0 fully saturated rings. The van der Waals surface area contributed by atoms with E-state index in [0.717, 1.165) is 11.6 Å². The molecule has 1 aromatic carbocycles. The molecule has 0 radical (unpaired) electrons. The van der Waals surface area contributed by atoms with E-state index < -0.39 is 11.6 Å². The lowest BCUT2D eigenvalue weighted by atomic mass is 10.2. The van der Waals surface area contributed by atoms with Crippen molar-refractivity contribution in [2.45, 2.75) is 0 Å². The third kappa shape index (κ3) is 3.23. The van der Waals surface area contributed by atoms with Gasteiger partial charge in [-0.25, -0.2) is 13.8 Å². The molecule has 23 heavy (non-hydrogen) atoms. The fourth-order valence-corrected chi connectivity index (χ4v) is 2.02. The van der Waals surface area contributed by atoms with Crippen LogP contribution in [0.5, 0.6) is 0 Å². The van der Waals surface area contributed by atoms with Crippen LogP contribution in [0.4, 0.5) is 26.2 Å². The number of pyridine rings is 1. The highest BCUT2D eigenvalue weighted by atomic mass is 19.2. The van der Waals surface area contributed by atoms with Crippen LogP contribution in [0.2, 0.25) is 0 Å². The van der Waals surface area contributed by atoms with Crippen molar-refractivity contribution in [3.63, 3.8) is 0 Å². The molecule has 2 heterocycles. The van der Waals surface area contributed by atoms with E-state index in [4.69, 9.17) is 0 Å². The quantitative estimate of drug-likeness (QED) is 0.770. The zero-order chi connectivity index (χ0) is 16.2. The zero-order valence-corrected chi connectivity index (χ0v) is 12.2. The van der Waals surface area contributed by atoms with Gasteiger partial charge < -0.3 is 10.6 Å². The topological polar surface area (TPSA) is 62.7 Å². The Kier molecular flexibility index (Phi) is 4.09. The minimum Gasteiger partial charge on any atom is -0.357 e. The SMILES string of the molecule is CNc1nc(Nc2cccc(F)c2F)cc(-c2cccnc2)n1. The molecule has 7 heteroatoms. The Morgan fingerprint density at radius 2 is 1.91 bits per heavy atom. The summed E-state index contributed by atoms with van der Waals surface area (Å²) >= 11 is 0. The van der Waals surface area contributed by atoms with Gasteiger partial charge in [0.25, 0.3) is 0 Å². The molecule has 0 aliphatic carbocycles. The molecule has 0 unspecified atom stereocenters. The molecule has 3 aromatic rings. The van der Waals surface area contributed by atoms with Crippen LogP contribution in [0.25, 0.3) is 11.3 Å². The number of halogens is 2. The van der Waals surface area contributed by atoms with E-state index in [1.54, 1.807) is 31.6 Å². The van der Waals surface area contributed by atoms with Gasteiger partial charge in [0.1, 0.15) is 5.82 Å². The Bertz CT molecular complexity index is 824. The molecule has 2 aromatic heterocycles. The molecule has 0 saturated heterocycles. The minimum atomic E-state index is -0.958. The van der Waals surface area contributed by atoms with E-state index in [2.05, 4.69) is 25.6 Å². The van der Waals surface area contributed by atoms with E-state index in [1.807, 2.05) is 6.07 Å². The first kappa shape index (κ1) is 14.8. The summed E-state index contributed by atoms with van der Waals surface area (Å²) in [7, 11) is 1.68. The first-order valence-electron chi connectivity index (χ1n) is 6.85. The Morgan fingerprint density at radius 3 is 2.65 bits per heavy atom. The predicted molar refractivity (Wildman–Crippen MR) is 84.5 cm³/mol. The summed E-state index contributed by atoms with van der Waals surface area (Å²) in [6, 6.07) is 9.19. The molecule has 0 aliphatic heterocycles. The maximum Gasteiger partial charge on any atom is 0.224 e. The van der Waals surface area contributed by atoms with Crippen molar-refractivity contribution in [1.82, 2.24) is 15.0 Å². The van der Waals surface area contributed by atoms with E-state index in [9.17, 15) is 8.78 Å². The van der Waals surface area contributed by atoms with Gasteiger partial charge in [-0.1, -0.05) is 6.07 Å². The van der Waals surface area contributed by atoms with Crippen LogP contribution in [0.1, 0.15) is 0 Å². The number of aromatic nitrogens is 3. The van der Waals surface area contributed by atoms with Gasteiger partial charge in [0, 0.05) is 31.1 Å². The van der Waals surface area contributed by atoms with Crippen molar-refractivity contribution in [3.05, 3.63) is 60.4 Å². The molecule has 0 aliphatic rings. The van der Waals surface area contributed by atoms with Gasteiger partial charge in [-0.15, -0.1) is 0 Å². The summed E-state index contributed by atoms with van der Waals surface area (Å²) in [6.45, 7) is 0. The summed E-state index contributed by atoms with van der Waals surface area (Å²) in [6.07, 6.45) is 3.32. The molecule has 0 spiro atoms. The molecule has 5 nitrogen and oxygen atoms in total. The first-order chi connectivity index (χ1) is 11.2. The van der Waals surface area contributed by atoms with Gasteiger partial charge in [-0.2, -0.15) is 4.98 Å². The first-order valence-corrected chi connectivity index (χ1v) is 6.85. The van der Waals surface area contributed by atoms with Crippen molar-refractivity contribution in [3.8, 4) is 11.3 Å². The maximum absolute atomic E-state index is 13.8. The summed E-state index contributed by atoms with van der Waals surface area (Å²) < 4.78 is 27.1. The second-order valence-electron chi connectivity index (χ2n) is 4.68. The maximum atomic E-state index is 13.8. The van der Waals surface area contributed by atoms with Crippen LogP contribution >= 0.6 is 0 Å². The second kappa shape index (κ2) is 6.35. The number of nitrogens with one attached hydrogen (secondary N) is 2. The van der Waals surface area contributed by atoms with Gasteiger partial charge in [-0.3, -0.25) is 4.98 Å². The fraction of sp³-hybridized carbons (Fsp3) is 0.0625. The number of hydrogen-bond donors (Lipinski definition) is 2. The summed E-state index contributed by atoms with van der Waals surface area (Å²) in [5.41, 5.74) is 1.40. The number of rotatable bonds is 4. The van der Waals surface area contributed by atoms with Crippen molar-refractivity contribution in [2.24, 2.45) is 0 Å². The van der Waals surface area contributed by atoms with Crippen LogP contribution in [0.15, 0.2) is 48.8 Å². The fourth-order valence-electron chi connectivity index (χ4n) is 2.02. The van der Waals surface area contributed by atoms with Crippen LogP contribution in [0.3, 0.4) is 0 Å². The molecule has 3 rings (SSSR count). The van der Waals surface area contributed by atoms with E-state index in [-0.39, 0.29) is 5.69 Å². The van der Waals surface area contributed by atoms with Crippen molar-refractivity contribution < 1.29 is 8.78 Å². The molecule has 116 valence electrons.